The van der Waals surface area contributed by atoms with Gasteiger partial charge >= 0.3 is 11.2 Å². The van der Waals surface area contributed by atoms with Crippen molar-refractivity contribution in [1.82, 2.24) is 9.97 Å². The molecule has 0 aliphatic carbocycles. The van der Waals surface area contributed by atoms with E-state index in [1.54, 1.807) is 30.3 Å². The van der Waals surface area contributed by atoms with E-state index in [0.717, 1.165) is 0 Å². The second-order valence-electron chi connectivity index (χ2n) is 5.04. The lowest BCUT2D eigenvalue weighted by molar-refractivity contribution is -0.387. The monoisotopic (exact) mass is 393 g/mol. The maximum absolute atomic E-state index is 11.6. The van der Waals surface area contributed by atoms with Crippen LogP contribution in [0.15, 0.2) is 39.5 Å². The van der Waals surface area contributed by atoms with Gasteiger partial charge in [-0.15, -0.1) is 0 Å². The molecule has 2 aromatic heterocycles. The molecule has 0 aliphatic heterocycles. The molecule has 0 saturated carbocycles. The summed E-state index contributed by atoms with van der Waals surface area (Å²) in [5, 5.41) is 21.1. The maximum Gasteiger partial charge on any atom is 0.395 e. The van der Waals surface area contributed by atoms with Crippen molar-refractivity contribution in [3.63, 3.8) is 0 Å². The van der Waals surface area contributed by atoms with E-state index in [0.29, 0.717) is 27.1 Å². The topological polar surface area (TPSA) is 122 Å². The molecular formula is C16H9Cl2N3O5. The number of aromatic amines is 1. The Kier molecular flexibility index (Phi) is 4.79. The van der Waals surface area contributed by atoms with E-state index in [-0.39, 0.29) is 5.82 Å². The molecule has 0 aliphatic rings. The predicted octanol–water partition coefficient (Wildman–Crippen LogP) is 4.12. The van der Waals surface area contributed by atoms with Gasteiger partial charge in [0.25, 0.3) is 5.88 Å². The van der Waals surface area contributed by atoms with E-state index in [1.165, 1.54) is 12.2 Å². The molecule has 132 valence electrons. The van der Waals surface area contributed by atoms with Crippen molar-refractivity contribution in [2.45, 2.75) is 0 Å². The van der Waals surface area contributed by atoms with Gasteiger partial charge in [-0.25, -0.2) is 0 Å². The molecule has 8 nitrogen and oxygen atoms in total. The Hall–Kier alpha value is -3.10. The number of nitrogens with one attached hydrogen (secondary N) is 1. The van der Waals surface area contributed by atoms with Crippen LogP contribution in [0.3, 0.4) is 0 Å². The Bertz CT molecular complexity index is 1090. The molecule has 0 unspecified atom stereocenters. The summed E-state index contributed by atoms with van der Waals surface area (Å²) in [4.78, 5) is 27.0. The molecule has 0 amide bonds. The van der Waals surface area contributed by atoms with Crippen molar-refractivity contribution in [3.05, 3.63) is 72.4 Å². The third kappa shape index (κ3) is 3.61. The highest BCUT2D eigenvalue weighted by atomic mass is 35.5. The highest BCUT2D eigenvalue weighted by molar-refractivity contribution is 6.35. The largest absolute Gasteiger partial charge is 0.488 e. The molecule has 0 atom stereocenters. The van der Waals surface area contributed by atoms with Gasteiger partial charge in [0.2, 0.25) is 0 Å². The number of aromatic nitrogens is 2. The van der Waals surface area contributed by atoms with Gasteiger partial charge in [0.1, 0.15) is 17.3 Å². The van der Waals surface area contributed by atoms with E-state index in [4.69, 9.17) is 27.6 Å². The van der Waals surface area contributed by atoms with Crippen molar-refractivity contribution in [2.24, 2.45) is 0 Å². The van der Waals surface area contributed by atoms with Crippen LogP contribution in [0.2, 0.25) is 10.0 Å². The van der Waals surface area contributed by atoms with Crippen LogP contribution < -0.4 is 5.56 Å². The van der Waals surface area contributed by atoms with E-state index in [1.807, 2.05) is 0 Å². The third-order valence-electron chi connectivity index (χ3n) is 3.30. The van der Waals surface area contributed by atoms with E-state index < -0.39 is 22.0 Å². The van der Waals surface area contributed by atoms with Crippen molar-refractivity contribution in [1.29, 1.82) is 0 Å². The Morgan fingerprint density at radius 1 is 1.23 bits per heavy atom. The predicted molar refractivity (Wildman–Crippen MR) is 96.3 cm³/mol. The van der Waals surface area contributed by atoms with E-state index >= 15 is 0 Å². The number of nitrogens with zero attached hydrogens (tertiary/aromatic N) is 2. The number of benzene rings is 1. The molecule has 1 aromatic carbocycles. The molecule has 3 aromatic rings. The van der Waals surface area contributed by atoms with Gasteiger partial charge in [0, 0.05) is 10.6 Å². The van der Waals surface area contributed by atoms with Gasteiger partial charge in [-0.1, -0.05) is 23.2 Å². The fourth-order valence-electron chi connectivity index (χ4n) is 2.15. The summed E-state index contributed by atoms with van der Waals surface area (Å²) in [7, 11) is 0. The van der Waals surface area contributed by atoms with Crippen molar-refractivity contribution in [2.75, 3.05) is 0 Å². The zero-order valence-electron chi connectivity index (χ0n) is 12.8. The van der Waals surface area contributed by atoms with Gasteiger partial charge < -0.3 is 14.5 Å². The van der Waals surface area contributed by atoms with Crippen LogP contribution in [0.5, 0.6) is 5.88 Å². The number of hydrogen-bond donors (Lipinski definition) is 2. The van der Waals surface area contributed by atoms with Gasteiger partial charge in [-0.3, -0.25) is 14.9 Å². The number of aromatic hydroxyl groups is 1. The molecule has 2 N–H and O–H groups in total. The molecular weight excluding hydrogens is 385 g/mol. The lowest BCUT2D eigenvalue weighted by Crippen LogP contribution is -2.14. The molecule has 0 fully saturated rings. The first-order valence-corrected chi connectivity index (χ1v) is 7.82. The zero-order valence-corrected chi connectivity index (χ0v) is 14.3. The van der Waals surface area contributed by atoms with Gasteiger partial charge in [0.05, 0.1) is 9.95 Å². The van der Waals surface area contributed by atoms with Crippen LogP contribution in [-0.4, -0.2) is 20.0 Å². The van der Waals surface area contributed by atoms with Gasteiger partial charge in [0.15, 0.2) is 0 Å². The number of H-pyrrole nitrogens is 1. The Balaban J connectivity index is 1.89. The highest BCUT2D eigenvalue weighted by Gasteiger charge is 2.21. The van der Waals surface area contributed by atoms with Gasteiger partial charge in [-0.2, -0.15) is 4.98 Å². The second kappa shape index (κ2) is 7.03. The summed E-state index contributed by atoms with van der Waals surface area (Å²) in [6.45, 7) is 0. The van der Waals surface area contributed by atoms with Crippen LogP contribution >= 0.6 is 23.2 Å². The second-order valence-corrected chi connectivity index (χ2v) is 5.88. The molecule has 2 heterocycles. The molecule has 26 heavy (non-hydrogen) atoms. The van der Waals surface area contributed by atoms with Gasteiger partial charge in [-0.05, 0) is 42.5 Å². The molecule has 0 saturated heterocycles. The lowest BCUT2D eigenvalue weighted by Gasteiger charge is -2.01. The zero-order chi connectivity index (χ0) is 18.8. The summed E-state index contributed by atoms with van der Waals surface area (Å²) in [5.74, 6) is -0.164. The molecule has 10 heteroatoms. The quantitative estimate of drug-likeness (QED) is 0.507. The average Bonchev–Trinajstić information content (AvgIpc) is 3.03. The fourth-order valence-corrected chi connectivity index (χ4v) is 2.53. The minimum atomic E-state index is -1.06. The summed E-state index contributed by atoms with van der Waals surface area (Å²) in [6.07, 6.45) is 2.79. The first-order valence-electron chi connectivity index (χ1n) is 7.06. The maximum atomic E-state index is 11.6. The first kappa shape index (κ1) is 17.7. The first-order chi connectivity index (χ1) is 12.3. The summed E-state index contributed by atoms with van der Waals surface area (Å²) in [5.41, 5.74) is -1.47. The SMILES string of the molecule is O=c1[nH]c(/C=C\c2ccc(-c3cc(Cl)ccc3Cl)o2)nc(O)c1[N+](=O)[O-]. The average molecular weight is 394 g/mol. The number of halogens is 2. The number of hydrogen-bond acceptors (Lipinski definition) is 6. The number of nitro groups is 1. The molecule has 0 radical (unpaired) electrons. The van der Waals surface area contributed by atoms with E-state index in [2.05, 4.69) is 9.97 Å². The normalized spacial score (nSPS) is 11.2. The van der Waals surface area contributed by atoms with Crippen molar-refractivity contribution < 1.29 is 14.4 Å². The summed E-state index contributed by atoms with van der Waals surface area (Å²) >= 11 is 12.1. The van der Waals surface area contributed by atoms with Crippen molar-refractivity contribution >= 4 is 41.0 Å². The molecule has 0 spiro atoms. The van der Waals surface area contributed by atoms with Crippen LogP contribution in [-0.2, 0) is 0 Å². The summed E-state index contributed by atoms with van der Waals surface area (Å²) < 4.78 is 5.63. The lowest BCUT2D eigenvalue weighted by atomic mass is 10.2. The van der Waals surface area contributed by atoms with Crippen LogP contribution in [0.1, 0.15) is 11.6 Å². The Morgan fingerprint density at radius 3 is 2.69 bits per heavy atom. The van der Waals surface area contributed by atoms with E-state index in [9.17, 15) is 20.0 Å². The van der Waals surface area contributed by atoms with Crippen molar-refractivity contribution in [3.8, 4) is 17.2 Å². The standard InChI is InChI=1S/C16H9Cl2N3O5/c17-8-1-4-11(18)10(7-8)12-5-2-9(26-12)3-6-13-19-15(22)14(21(24)25)16(23)20-13/h1-7H,(H2,19,20,22,23)/b6-3-. The number of rotatable bonds is 4. The number of furan rings is 1. The van der Waals surface area contributed by atoms with Crippen LogP contribution in [0.25, 0.3) is 23.5 Å². The Morgan fingerprint density at radius 2 is 2.00 bits per heavy atom. The molecule has 0 bridgehead atoms. The van der Waals surface area contributed by atoms with Crippen LogP contribution in [0.4, 0.5) is 5.69 Å². The Labute approximate surface area is 155 Å². The smallest absolute Gasteiger partial charge is 0.395 e. The minimum Gasteiger partial charge on any atom is -0.488 e. The third-order valence-corrected chi connectivity index (χ3v) is 3.87. The molecule has 3 rings (SSSR count). The van der Waals surface area contributed by atoms with Crippen LogP contribution in [0, 0.1) is 10.1 Å². The highest BCUT2D eigenvalue weighted by Crippen LogP contribution is 2.32. The summed E-state index contributed by atoms with van der Waals surface area (Å²) in [6, 6.07) is 8.28. The fraction of sp³-hybridized carbons (Fsp3) is 0. The minimum absolute atomic E-state index is 0.0724.